The summed E-state index contributed by atoms with van der Waals surface area (Å²) in [7, 11) is 0. The summed E-state index contributed by atoms with van der Waals surface area (Å²) in [5, 5.41) is 0. The number of H-pyrrole nitrogens is 1. The molecule has 0 amide bonds. The van der Waals surface area contributed by atoms with Crippen LogP contribution in [0.1, 0.15) is 16.8 Å². The Morgan fingerprint density at radius 2 is 1.88 bits per heavy atom. The highest BCUT2D eigenvalue weighted by atomic mass is 16.1. The molecule has 0 spiro atoms. The fraction of sp³-hybridized carbons (Fsp3) is 0.211. The van der Waals surface area contributed by atoms with Gasteiger partial charge in [0.25, 0.3) is 5.56 Å². The zero-order valence-electron chi connectivity index (χ0n) is 13.8. The first-order chi connectivity index (χ1) is 12.2. The second kappa shape index (κ2) is 6.49. The molecule has 1 aliphatic rings. The van der Waals surface area contributed by atoms with Gasteiger partial charge in [0.2, 0.25) is 0 Å². The smallest absolute Gasteiger partial charge is 0.254 e. The van der Waals surface area contributed by atoms with Crippen molar-refractivity contribution in [2.45, 2.75) is 19.5 Å². The number of hydrogen-bond acceptors (Lipinski definition) is 5. The molecule has 3 aromatic rings. The normalized spacial score (nSPS) is 14.2. The zero-order chi connectivity index (χ0) is 17.2. The summed E-state index contributed by atoms with van der Waals surface area (Å²) in [6.07, 6.45) is 4.32. The second-order valence-electron chi connectivity index (χ2n) is 6.28. The highest BCUT2D eigenvalue weighted by molar-refractivity contribution is 5.58. The van der Waals surface area contributed by atoms with E-state index in [1.165, 1.54) is 5.56 Å². The number of benzene rings is 1. The summed E-state index contributed by atoms with van der Waals surface area (Å²) in [4.78, 5) is 26.4. The molecule has 0 saturated heterocycles. The Kier molecular flexibility index (Phi) is 4.03. The van der Waals surface area contributed by atoms with Crippen molar-refractivity contribution in [2.75, 3.05) is 12.3 Å². The molecule has 3 N–H and O–H groups in total. The number of pyridine rings is 1. The topological polar surface area (TPSA) is 87.9 Å². The van der Waals surface area contributed by atoms with Gasteiger partial charge in [0, 0.05) is 48.8 Å². The van der Waals surface area contributed by atoms with Crippen LogP contribution in [0, 0.1) is 0 Å². The lowest BCUT2D eigenvalue weighted by atomic mass is 10.1. The number of aromatic amines is 1. The van der Waals surface area contributed by atoms with E-state index in [-0.39, 0.29) is 5.56 Å². The monoisotopic (exact) mass is 333 g/mol. The standard InChI is InChI=1S/C19H19N5O/c20-15-3-1-14(2-4-15)18-22-17-12-24(10-7-16(17)19(25)23-18)11-13-5-8-21-9-6-13/h1-6,8-9H,7,10-12,20H2,(H,22,23,25). The molecule has 6 nitrogen and oxygen atoms in total. The fourth-order valence-electron chi connectivity index (χ4n) is 3.15. The molecule has 0 aliphatic carbocycles. The van der Waals surface area contributed by atoms with Crippen molar-refractivity contribution in [1.29, 1.82) is 0 Å². The van der Waals surface area contributed by atoms with Gasteiger partial charge in [-0.15, -0.1) is 0 Å². The van der Waals surface area contributed by atoms with Crippen molar-refractivity contribution in [3.8, 4) is 11.4 Å². The molecule has 1 aromatic carbocycles. The second-order valence-corrected chi connectivity index (χ2v) is 6.28. The molecule has 0 bridgehead atoms. The molecule has 0 unspecified atom stereocenters. The quantitative estimate of drug-likeness (QED) is 0.716. The number of aromatic nitrogens is 3. The van der Waals surface area contributed by atoms with Gasteiger partial charge >= 0.3 is 0 Å². The van der Waals surface area contributed by atoms with Gasteiger partial charge in [-0.2, -0.15) is 0 Å². The zero-order valence-corrected chi connectivity index (χ0v) is 13.8. The van der Waals surface area contributed by atoms with Crippen LogP contribution in [-0.4, -0.2) is 26.4 Å². The Balaban J connectivity index is 1.62. The van der Waals surface area contributed by atoms with E-state index < -0.39 is 0 Å². The van der Waals surface area contributed by atoms with Crippen LogP contribution in [-0.2, 0) is 19.5 Å². The molecule has 126 valence electrons. The summed E-state index contributed by atoms with van der Waals surface area (Å²) >= 11 is 0. The minimum atomic E-state index is -0.0413. The first kappa shape index (κ1) is 15.5. The molecule has 3 heterocycles. The van der Waals surface area contributed by atoms with E-state index >= 15 is 0 Å². The molecule has 0 atom stereocenters. The molecule has 6 heteroatoms. The van der Waals surface area contributed by atoms with Crippen LogP contribution in [0.4, 0.5) is 5.69 Å². The predicted octanol–water partition coefficient (Wildman–Crippen LogP) is 1.97. The molecule has 25 heavy (non-hydrogen) atoms. The third-order valence-corrected chi connectivity index (χ3v) is 4.49. The molecule has 2 aromatic heterocycles. The van der Waals surface area contributed by atoms with Gasteiger partial charge < -0.3 is 10.7 Å². The maximum Gasteiger partial charge on any atom is 0.254 e. The fourth-order valence-corrected chi connectivity index (χ4v) is 3.15. The first-order valence-electron chi connectivity index (χ1n) is 8.28. The molecular weight excluding hydrogens is 314 g/mol. The van der Waals surface area contributed by atoms with Gasteiger partial charge in [-0.25, -0.2) is 4.98 Å². The number of nitrogens with one attached hydrogen (secondary N) is 1. The summed E-state index contributed by atoms with van der Waals surface area (Å²) in [5.41, 5.74) is 10.1. The van der Waals surface area contributed by atoms with Gasteiger partial charge in [-0.3, -0.25) is 14.7 Å². The number of rotatable bonds is 3. The van der Waals surface area contributed by atoms with E-state index in [1.807, 2.05) is 36.4 Å². The van der Waals surface area contributed by atoms with Crippen molar-refractivity contribution in [3.05, 3.63) is 76.0 Å². The van der Waals surface area contributed by atoms with Crippen molar-refractivity contribution < 1.29 is 0 Å². The summed E-state index contributed by atoms with van der Waals surface area (Å²) in [5.74, 6) is 0.592. The number of anilines is 1. The molecular formula is C19H19N5O. The van der Waals surface area contributed by atoms with Crippen LogP contribution in [0.2, 0.25) is 0 Å². The Morgan fingerprint density at radius 3 is 2.64 bits per heavy atom. The van der Waals surface area contributed by atoms with Gasteiger partial charge in [0.15, 0.2) is 0 Å². The summed E-state index contributed by atoms with van der Waals surface area (Å²) in [6.45, 7) is 2.35. The average Bonchev–Trinajstić information content (AvgIpc) is 2.63. The van der Waals surface area contributed by atoms with Crippen molar-refractivity contribution >= 4 is 5.69 Å². The van der Waals surface area contributed by atoms with Crippen molar-refractivity contribution in [1.82, 2.24) is 19.9 Å². The SMILES string of the molecule is Nc1ccc(-c2nc3c(c(=O)[nH]2)CCN(Cc2ccncc2)C3)cc1. The number of fused-ring (bicyclic) bond motifs is 1. The van der Waals surface area contributed by atoms with Gasteiger partial charge in [0.05, 0.1) is 5.69 Å². The minimum absolute atomic E-state index is 0.0413. The summed E-state index contributed by atoms with van der Waals surface area (Å²) < 4.78 is 0. The van der Waals surface area contributed by atoms with Crippen LogP contribution in [0.15, 0.2) is 53.6 Å². The third kappa shape index (κ3) is 3.29. The Morgan fingerprint density at radius 1 is 1.12 bits per heavy atom. The largest absolute Gasteiger partial charge is 0.399 e. The Hall–Kier alpha value is -2.99. The van der Waals surface area contributed by atoms with Crippen LogP contribution < -0.4 is 11.3 Å². The van der Waals surface area contributed by atoms with E-state index in [9.17, 15) is 4.79 Å². The Labute approximate surface area is 145 Å². The molecule has 4 rings (SSSR count). The van der Waals surface area contributed by atoms with E-state index in [0.717, 1.165) is 29.9 Å². The van der Waals surface area contributed by atoms with E-state index in [1.54, 1.807) is 12.4 Å². The predicted molar refractivity (Wildman–Crippen MR) is 96.8 cm³/mol. The highest BCUT2D eigenvalue weighted by Crippen LogP contribution is 2.20. The van der Waals surface area contributed by atoms with E-state index in [4.69, 9.17) is 10.7 Å². The minimum Gasteiger partial charge on any atom is -0.399 e. The molecule has 0 saturated carbocycles. The van der Waals surface area contributed by atoms with Gasteiger partial charge in [-0.1, -0.05) is 0 Å². The lowest BCUT2D eigenvalue weighted by Gasteiger charge is -2.27. The van der Waals surface area contributed by atoms with Crippen LogP contribution in [0.25, 0.3) is 11.4 Å². The number of nitrogens with zero attached hydrogens (tertiary/aromatic N) is 3. The van der Waals surface area contributed by atoms with Crippen molar-refractivity contribution in [3.63, 3.8) is 0 Å². The van der Waals surface area contributed by atoms with Gasteiger partial charge in [-0.05, 0) is 48.4 Å². The number of nitrogens with two attached hydrogens (primary N) is 1. The van der Waals surface area contributed by atoms with Gasteiger partial charge in [0.1, 0.15) is 5.82 Å². The molecule has 0 fully saturated rings. The third-order valence-electron chi connectivity index (χ3n) is 4.49. The van der Waals surface area contributed by atoms with E-state index in [0.29, 0.717) is 24.5 Å². The number of hydrogen-bond donors (Lipinski definition) is 2. The molecule has 0 radical (unpaired) electrons. The lowest BCUT2D eigenvalue weighted by molar-refractivity contribution is 0.240. The molecule has 1 aliphatic heterocycles. The van der Waals surface area contributed by atoms with Crippen LogP contribution in [0.5, 0.6) is 0 Å². The van der Waals surface area contributed by atoms with Crippen LogP contribution in [0.3, 0.4) is 0 Å². The number of nitrogen functional groups attached to an aromatic ring is 1. The average molecular weight is 333 g/mol. The maximum absolute atomic E-state index is 12.4. The lowest BCUT2D eigenvalue weighted by Crippen LogP contribution is -2.35. The van der Waals surface area contributed by atoms with E-state index in [2.05, 4.69) is 14.9 Å². The Bertz CT molecular complexity index is 934. The van der Waals surface area contributed by atoms with Crippen molar-refractivity contribution in [2.24, 2.45) is 0 Å². The van der Waals surface area contributed by atoms with Crippen LogP contribution >= 0.6 is 0 Å². The maximum atomic E-state index is 12.4. The highest BCUT2D eigenvalue weighted by Gasteiger charge is 2.21. The first-order valence-corrected chi connectivity index (χ1v) is 8.28. The summed E-state index contributed by atoms with van der Waals surface area (Å²) in [6, 6.07) is 11.4.